The molecule has 21 heteroatoms. The molecule has 0 aliphatic heterocycles. The molecule has 2 aromatic rings. The van der Waals surface area contributed by atoms with E-state index in [2.05, 4.69) is 9.05 Å². The zero-order chi connectivity index (χ0) is 31.6. The summed E-state index contributed by atoms with van der Waals surface area (Å²) in [6.07, 6.45) is 1.42. The molecule has 0 atom stereocenters. The second kappa shape index (κ2) is 20.1. The zero-order valence-corrected chi connectivity index (χ0v) is 24.3. The Morgan fingerprint density at radius 1 is 0.578 bits per heavy atom. The molecule has 0 amide bonds. The van der Waals surface area contributed by atoms with Gasteiger partial charge in [0, 0.05) is 0 Å². The van der Waals surface area contributed by atoms with E-state index in [1.807, 2.05) is 13.8 Å². The summed E-state index contributed by atoms with van der Waals surface area (Å²) in [5.41, 5.74) is 3.84. The molecule has 0 aliphatic rings. The Morgan fingerprint density at radius 2 is 0.800 bits per heavy atom. The number of hydrogen-bond acceptors (Lipinski definition) is 10. The molecule has 0 aromatic heterocycles. The average Bonchev–Trinajstić information content (AvgIpc) is 2.95. The second-order valence-electron chi connectivity index (χ2n) is 7.68. The van der Waals surface area contributed by atoms with Crippen molar-refractivity contribution in [1.29, 1.82) is 31.6 Å². The number of nitriles is 6. The normalized spacial score (nSPS) is 12.0. The third-order valence-corrected chi connectivity index (χ3v) is 9.71. The maximum atomic E-state index is 10.9. The van der Waals surface area contributed by atoms with Crippen molar-refractivity contribution in [3.8, 4) is 41.3 Å². The van der Waals surface area contributed by atoms with Gasteiger partial charge in [-0.25, -0.2) is 9.13 Å². The summed E-state index contributed by atoms with van der Waals surface area (Å²) in [6.45, 7) is 3.99. The third-order valence-electron chi connectivity index (χ3n) is 5.11. The van der Waals surface area contributed by atoms with Gasteiger partial charge in [0.2, 0.25) is 0 Å². The Kier molecular flexibility index (Phi) is 23.0. The summed E-state index contributed by atoms with van der Waals surface area (Å²) in [4.78, 5) is 41.7. The summed E-state index contributed by atoms with van der Waals surface area (Å²) in [7, 11) is -15.4. The van der Waals surface area contributed by atoms with Crippen LogP contribution in [-0.2, 0) is 19.9 Å². The van der Waals surface area contributed by atoms with Gasteiger partial charge in [0.15, 0.2) is 0 Å². The molecule has 0 spiro atoms. The third kappa shape index (κ3) is 13.2. The molecule has 0 radical (unpaired) electrons. The standard InChI is InChI=1S/C18H22O8P2.6CN.Fe.4Na.4H/c1-3-17(13-5-9-15(10-6-13)25-27(19,20)21)18(4-2)14-7-11-16(12-8-14)26-28(22,23)24;6*1-2;;;;;;;;;/h5-12H,3-4H2,1-2H3,(H2,19,20,21)(H2,22,23,24);;;;;;;;;;;;;;;/b18-17+;;;;;;;;;;;;;;;. The van der Waals surface area contributed by atoms with E-state index in [-0.39, 0.29) is 130 Å². The first-order valence-electron chi connectivity index (χ1n) is 10.9. The van der Waals surface area contributed by atoms with Crippen molar-refractivity contribution in [3.05, 3.63) is 59.7 Å². The summed E-state index contributed by atoms with van der Waals surface area (Å²) >= 11 is 0. The first kappa shape index (κ1) is 51.4. The van der Waals surface area contributed by atoms with Crippen LogP contribution in [-0.4, -0.2) is 138 Å². The SMILES string of the molecule is CC/C(=C(/CC)c1ccc(OP(=O)(O)O)cc1)c1ccc(OP(=O)(O)O)cc1.N#[C][Fe]([C]#N)([C]#N)([C]#N)([C]#N)[C]#N.[NaH].[NaH].[NaH].[NaH]. The van der Waals surface area contributed by atoms with Gasteiger partial charge in [0.1, 0.15) is 11.5 Å². The molecule has 0 saturated carbocycles. The van der Waals surface area contributed by atoms with Crippen LogP contribution in [0.2, 0.25) is 0 Å². The van der Waals surface area contributed by atoms with E-state index in [0.717, 1.165) is 52.1 Å². The van der Waals surface area contributed by atoms with E-state index < -0.39 is 26.4 Å². The van der Waals surface area contributed by atoms with Crippen LogP contribution in [0.4, 0.5) is 0 Å². The fourth-order valence-corrected chi connectivity index (χ4v) is 4.78. The van der Waals surface area contributed by atoms with Gasteiger partial charge in [-0.3, -0.25) is 19.6 Å². The van der Waals surface area contributed by atoms with Crippen molar-refractivity contribution in [2.75, 3.05) is 0 Å². The summed E-state index contributed by atoms with van der Waals surface area (Å²) < 4.78 is 31.0. The molecule has 14 nitrogen and oxygen atoms in total. The Balaban J connectivity index is -0.000000427. The van der Waals surface area contributed by atoms with Crippen molar-refractivity contribution >= 4 is 145 Å². The van der Waals surface area contributed by atoms with Crippen LogP contribution < -0.4 is 9.05 Å². The molecule has 0 bridgehead atoms. The predicted octanol–water partition coefficient (Wildman–Crippen LogP) is 1.86. The van der Waals surface area contributed by atoms with E-state index in [1.165, 1.54) is 24.3 Å². The Hall–Kier alpha value is -0.461. The number of hydrogen-bond donors (Lipinski definition) is 4. The summed E-state index contributed by atoms with van der Waals surface area (Å²) in [6, 6.07) is 12.9. The second-order valence-corrected chi connectivity index (χ2v) is 15.6. The number of phosphoric acid groups is 2. The van der Waals surface area contributed by atoms with Crippen LogP contribution >= 0.6 is 15.6 Å². The molecule has 0 unspecified atom stereocenters. The van der Waals surface area contributed by atoms with E-state index >= 15 is 0 Å². The molecule has 222 valence electrons. The number of rotatable bonds is 8. The number of benzene rings is 2. The maximum absolute atomic E-state index is 10.9. The van der Waals surface area contributed by atoms with Crippen molar-refractivity contribution in [2.45, 2.75) is 26.7 Å². The Morgan fingerprint density at radius 3 is 0.933 bits per heavy atom. The van der Waals surface area contributed by atoms with Gasteiger partial charge in [-0.15, -0.1) is 0 Å². The van der Waals surface area contributed by atoms with Gasteiger partial charge in [-0.2, -0.15) is 0 Å². The van der Waals surface area contributed by atoms with Crippen LogP contribution in [0, 0.1) is 61.4 Å². The Labute approximate surface area is 347 Å². The molecule has 0 fully saturated rings. The van der Waals surface area contributed by atoms with Crippen molar-refractivity contribution in [2.24, 2.45) is 0 Å². The van der Waals surface area contributed by atoms with Gasteiger partial charge in [0.25, 0.3) is 0 Å². The molecule has 4 N–H and O–H groups in total. The zero-order valence-electron chi connectivity index (χ0n) is 21.4. The van der Waals surface area contributed by atoms with Crippen LogP contribution in [0.1, 0.15) is 37.8 Å². The van der Waals surface area contributed by atoms with Crippen molar-refractivity contribution in [1.82, 2.24) is 0 Å². The average molecular weight is 736 g/mol. The molecule has 0 heterocycles. The number of allylic oxidation sites excluding steroid dienone is 2. The molecule has 2 rings (SSSR count). The predicted molar refractivity (Wildman–Crippen MR) is 168 cm³/mol. The van der Waals surface area contributed by atoms with Crippen molar-refractivity contribution < 1.29 is 48.5 Å². The first-order chi connectivity index (χ1) is 19.0. The number of phosphoric ester groups is 2. The van der Waals surface area contributed by atoms with Crippen LogP contribution in [0.25, 0.3) is 11.1 Å². The number of nitrogens with zero attached hydrogens (tertiary/aromatic N) is 6. The first-order valence-corrected chi connectivity index (χ1v) is 17.2. The Bertz CT molecular complexity index is 1520. The van der Waals surface area contributed by atoms with E-state index in [9.17, 15) is 9.13 Å². The van der Waals surface area contributed by atoms with Crippen LogP contribution in [0.15, 0.2) is 48.5 Å². The van der Waals surface area contributed by atoms with Gasteiger partial charge in [0.05, 0.1) is 0 Å². The molecule has 0 saturated heterocycles. The van der Waals surface area contributed by atoms with Crippen LogP contribution in [0.5, 0.6) is 11.5 Å². The van der Waals surface area contributed by atoms with Crippen LogP contribution in [0.3, 0.4) is 0 Å². The summed E-state index contributed by atoms with van der Waals surface area (Å²) in [5.74, 6) is 0.147. The molecule has 0 aliphatic carbocycles. The molecular formula is C24H26FeN6Na4O8P2. The topological polar surface area (TPSA) is 276 Å². The van der Waals surface area contributed by atoms with Gasteiger partial charge in [-0.1, -0.05) is 38.1 Å². The fraction of sp³-hybridized carbons (Fsp3) is 0.167. The quantitative estimate of drug-likeness (QED) is 0.171. The molecule has 45 heavy (non-hydrogen) atoms. The molecule has 2 aromatic carbocycles. The monoisotopic (exact) mass is 736 g/mol. The van der Waals surface area contributed by atoms with Gasteiger partial charge >= 0.3 is 206 Å². The van der Waals surface area contributed by atoms with E-state index in [1.54, 1.807) is 24.3 Å². The van der Waals surface area contributed by atoms with Crippen molar-refractivity contribution in [3.63, 3.8) is 0 Å². The molecular weight excluding hydrogens is 710 g/mol. The van der Waals surface area contributed by atoms with E-state index in [4.69, 9.17) is 51.1 Å². The minimum absolute atomic E-state index is 0. The van der Waals surface area contributed by atoms with E-state index in [0.29, 0.717) is 12.8 Å². The fourth-order valence-electron chi connectivity index (χ4n) is 3.16. The van der Waals surface area contributed by atoms with Gasteiger partial charge < -0.3 is 9.05 Å². The summed E-state index contributed by atoms with van der Waals surface area (Å²) in [5, 5.41) is 51.5. The minimum atomic E-state index is -6.17. The van der Waals surface area contributed by atoms with Gasteiger partial charge in [-0.05, 0) is 59.4 Å².